The van der Waals surface area contributed by atoms with Gasteiger partial charge in [-0.05, 0) is 31.6 Å². The van der Waals surface area contributed by atoms with E-state index in [0.29, 0.717) is 19.1 Å². The van der Waals surface area contributed by atoms with Crippen molar-refractivity contribution in [1.82, 2.24) is 4.90 Å². The lowest BCUT2D eigenvalue weighted by atomic mass is 9.84. The van der Waals surface area contributed by atoms with Crippen LogP contribution in [0.15, 0.2) is 0 Å². The van der Waals surface area contributed by atoms with Gasteiger partial charge in [0.05, 0.1) is 13.0 Å². The molecule has 0 N–H and O–H groups in total. The van der Waals surface area contributed by atoms with E-state index < -0.39 is 0 Å². The topological polar surface area (TPSA) is 55.8 Å². The van der Waals surface area contributed by atoms with E-state index in [4.69, 9.17) is 9.47 Å². The van der Waals surface area contributed by atoms with Crippen molar-refractivity contribution in [2.75, 3.05) is 20.3 Å². The van der Waals surface area contributed by atoms with E-state index in [-0.39, 0.29) is 29.9 Å². The smallest absolute Gasteiger partial charge is 0.310 e. The largest absolute Gasteiger partial charge is 0.469 e. The summed E-state index contributed by atoms with van der Waals surface area (Å²) in [6.07, 6.45) is 5.96. The lowest BCUT2D eigenvalue weighted by Crippen LogP contribution is -2.51. The molecule has 0 aromatic carbocycles. The number of rotatable bonds is 5. The standard InChI is InChI=1S/C17H29NO4/c1-12-7-4-5-8-14(12)18(11-13(2)17(20)21-3)16(19)15-9-6-10-22-15/h12-15H,4-11H2,1-3H3. The van der Waals surface area contributed by atoms with Crippen LogP contribution in [0.25, 0.3) is 0 Å². The van der Waals surface area contributed by atoms with Crippen LogP contribution in [-0.4, -0.2) is 49.2 Å². The fourth-order valence-electron chi connectivity index (χ4n) is 3.68. The Bertz CT molecular complexity index is 392. The fraction of sp³-hybridized carbons (Fsp3) is 0.882. The number of carbonyl (C=O) groups excluding carboxylic acids is 2. The predicted molar refractivity (Wildman–Crippen MR) is 83.3 cm³/mol. The molecule has 2 aliphatic rings. The van der Waals surface area contributed by atoms with Gasteiger partial charge >= 0.3 is 5.97 Å². The van der Waals surface area contributed by atoms with E-state index in [9.17, 15) is 9.59 Å². The van der Waals surface area contributed by atoms with Crippen LogP contribution >= 0.6 is 0 Å². The molecule has 22 heavy (non-hydrogen) atoms. The normalized spacial score (nSPS) is 29.9. The number of hydrogen-bond donors (Lipinski definition) is 0. The first-order valence-corrected chi connectivity index (χ1v) is 8.54. The molecule has 0 bridgehead atoms. The summed E-state index contributed by atoms with van der Waals surface area (Å²) in [4.78, 5) is 26.6. The van der Waals surface area contributed by atoms with E-state index in [2.05, 4.69) is 6.92 Å². The van der Waals surface area contributed by atoms with Gasteiger partial charge in [0.2, 0.25) is 0 Å². The molecule has 2 fully saturated rings. The highest BCUT2D eigenvalue weighted by Crippen LogP contribution is 2.30. The number of nitrogens with zero attached hydrogens (tertiary/aromatic N) is 1. The van der Waals surface area contributed by atoms with Crippen LogP contribution < -0.4 is 0 Å². The van der Waals surface area contributed by atoms with Crippen LogP contribution in [0, 0.1) is 11.8 Å². The van der Waals surface area contributed by atoms with Gasteiger partial charge in [0.1, 0.15) is 6.10 Å². The van der Waals surface area contributed by atoms with Crippen molar-refractivity contribution in [3.8, 4) is 0 Å². The van der Waals surface area contributed by atoms with E-state index in [0.717, 1.165) is 32.1 Å². The maximum Gasteiger partial charge on any atom is 0.310 e. The summed E-state index contributed by atoms with van der Waals surface area (Å²) >= 11 is 0. The zero-order valence-electron chi connectivity index (χ0n) is 14.0. The first-order valence-electron chi connectivity index (χ1n) is 8.54. The van der Waals surface area contributed by atoms with Crippen molar-refractivity contribution in [3.63, 3.8) is 0 Å². The number of hydrogen-bond acceptors (Lipinski definition) is 4. The second-order valence-electron chi connectivity index (χ2n) is 6.75. The minimum atomic E-state index is -0.320. The molecule has 0 spiro atoms. The molecule has 1 heterocycles. The highest BCUT2D eigenvalue weighted by Gasteiger charge is 2.37. The second-order valence-corrected chi connectivity index (χ2v) is 6.75. The SMILES string of the molecule is COC(=O)C(C)CN(C(=O)C1CCCO1)C1CCCCC1C. The molecule has 1 aliphatic heterocycles. The molecule has 1 saturated carbocycles. The van der Waals surface area contributed by atoms with Crippen molar-refractivity contribution in [2.24, 2.45) is 11.8 Å². The molecular weight excluding hydrogens is 282 g/mol. The van der Waals surface area contributed by atoms with Gasteiger partial charge in [-0.1, -0.05) is 26.7 Å². The fourth-order valence-corrected chi connectivity index (χ4v) is 3.68. The lowest BCUT2D eigenvalue weighted by Gasteiger charge is -2.40. The van der Waals surface area contributed by atoms with Crippen LogP contribution in [0.1, 0.15) is 52.4 Å². The van der Waals surface area contributed by atoms with Crippen molar-refractivity contribution >= 4 is 11.9 Å². The second kappa shape index (κ2) is 7.95. The molecule has 5 nitrogen and oxygen atoms in total. The van der Waals surface area contributed by atoms with Gasteiger partial charge < -0.3 is 14.4 Å². The Morgan fingerprint density at radius 3 is 2.55 bits per heavy atom. The van der Waals surface area contributed by atoms with E-state index in [1.165, 1.54) is 13.5 Å². The maximum absolute atomic E-state index is 12.9. The molecule has 0 aromatic heterocycles. The van der Waals surface area contributed by atoms with Crippen LogP contribution in [-0.2, 0) is 19.1 Å². The monoisotopic (exact) mass is 311 g/mol. The molecule has 0 aromatic rings. The highest BCUT2D eigenvalue weighted by atomic mass is 16.5. The van der Waals surface area contributed by atoms with Crippen molar-refractivity contribution in [3.05, 3.63) is 0 Å². The Morgan fingerprint density at radius 1 is 1.23 bits per heavy atom. The van der Waals surface area contributed by atoms with Gasteiger partial charge in [-0.15, -0.1) is 0 Å². The van der Waals surface area contributed by atoms with Crippen LogP contribution in [0.4, 0.5) is 0 Å². The summed E-state index contributed by atoms with van der Waals surface area (Å²) in [5.41, 5.74) is 0. The first-order chi connectivity index (χ1) is 10.5. The molecule has 4 unspecified atom stereocenters. The van der Waals surface area contributed by atoms with Gasteiger partial charge in [0, 0.05) is 19.2 Å². The summed E-state index contributed by atoms with van der Waals surface area (Å²) in [5, 5.41) is 0. The molecule has 1 saturated heterocycles. The van der Waals surface area contributed by atoms with Gasteiger partial charge in [0.15, 0.2) is 0 Å². The predicted octanol–water partition coefficient (Wildman–Crippen LogP) is 2.38. The zero-order chi connectivity index (χ0) is 16.1. The third-order valence-corrected chi connectivity index (χ3v) is 5.03. The summed E-state index contributed by atoms with van der Waals surface area (Å²) in [7, 11) is 1.40. The quantitative estimate of drug-likeness (QED) is 0.732. The number of ether oxygens (including phenoxy) is 2. The maximum atomic E-state index is 12.9. The van der Waals surface area contributed by atoms with Crippen LogP contribution in [0.5, 0.6) is 0 Å². The van der Waals surface area contributed by atoms with E-state index in [1.54, 1.807) is 0 Å². The number of esters is 1. The van der Waals surface area contributed by atoms with Crippen LogP contribution in [0.2, 0.25) is 0 Å². The third-order valence-electron chi connectivity index (χ3n) is 5.03. The Balaban J connectivity index is 2.11. The minimum Gasteiger partial charge on any atom is -0.469 e. The number of methoxy groups -OCH3 is 1. The first kappa shape index (κ1) is 17.3. The summed E-state index contributed by atoms with van der Waals surface area (Å²) in [5.74, 6) is -0.0194. The highest BCUT2D eigenvalue weighted by molar-refractivity contribution is 5.82. The lowest BCUT2D eigenvalue weighted by molar-refractivity contribution is -0.151. The van der Waals surface area contributed by atoms with Crippen molar-refractivity contribution < 1.29 is 19.1 Å². The molecule has 5 heteroatoms. The molecule has 1 aliphatic carbocycles. The average molecular weight is 311 g/mol. The van der Waals surface area contributed by atoms with E-state index >= 15 is 0 Å². The molecule has 1 amide bonds. The third kappa shape index (κ3) is 4.00. The summed E-state index contributed by atoms with van der Waals surface area (Å²) in [6, 6.07) is 0.220. The van der Waals surface area contributed by atoms with Crippen LogP contribution in [0.3, 0.4) is 0 Å². The Kier molecular flexibility index (Phi) is 6.24. The Labute approximate surface area is 133 Å². The van der Waals surface area contributed by atoms with Gasteiger partial charge in [-0.25, -0.2) is 0 Å². The average Bonchev–Trinajstić information content (AvgIpc) is 3.06. The van der Waals surface area contributed by atoms with E-state index in [1.807, 2.05) is 11.8 Å². The summed E-state index contributed by atoms with van der Waals surface area (Å²) < 4.78 is 10.4. The number of amides is 1. The molecule has 126 valence electrons. The zero-order valence-corrected chi connectivity index (χ0v) is 14.0. The molecule has 0 radical (unpaired) electrons. The molecule has 2 rings (SSSR count). The van der Waals surface area contributed by atoms with Crippen molar-refractivity contribution in [1.29, 1.82) is 0 Å². The van der Waals surface area contributed by atoms with Crippen molar-refractivity contribution in [2.45, 2.75) is 64.5 Å². The van der Waals surface area contributed by atoms with Gasteiger partial charge in [-0.2, -0.15) is 0 Å². The van der Waals surface area contributed by atoms with Gasteiger partial charge in [-0.3, -0.25) is 9.59 Å². The molecular formula is C17H29NO4. The Morgan fingerprint density at radius 2 is 1.95 bits per heavy atom. The minimum absolute atomic E-state index is 0.0620. The summed E-state index contributed by atoms with van der Waals surface area (Å²) in [6.45, 7) is 5.13. The Hall–Kier alpha value is -1.10. The number of carbonyl (C=O) groups is 2. The van der Waals surface area contributed by atoms with Gasteiger partial charge in [0.25, 0.3) is 5.91 Å². The molecule has 4 atom stereocenters.